The van der Waals surface area contributed by atoms with Crippen molar-refractivity contribution in [3.63, 3.8) is 0 Å². The van der Waals surface area contributed by atoms with E-state index < -0.39 is 0 Å². The van der Waals surface area contributed by atoms with E-state index in [9.17, 15) is 4.79 Å². The molecular formula is C11H14N2O. The number of hydrogen-bond acceptors (Lipinski definition) is 2. The van der Waals surface area contributed by atoms with Gasteiger partial charge in [0.25, 0.3) is 5.91 Å². The van der Waals surface area contributed by atoms with E-state index in [0.29, 0.717) is 17.3 Å². The van der Waals surface area contributed by atoms with Crippen molar-refractivity contribution in [1.82, 2.24) is 4.90 Å². The molecule has 0 aliphatic heterocycles. The first-order valence-corrected chi connectivity index (χ1v) is 4.81. The predicted molar refractivity (Wildman–Crippen MR) is 56.0 cm³/mol. The Morgan fingerprint density at radius 3 is 2.79 bits per heavy atom. The lowest BCUT2D eigenvalue weighted by molar-refractivity contribution is 0.0785. The molecule has 74 valence electrons. The molecule has 0 radical (unpaired) electrons. The first kappa shape index (κ1) is 9.06. The van der Waals surface area contributed by atoms with Gasteiger partial charge in [0.1, 0.15) is 0 Å². The van der Waals surface area contributed by atoms with Crippen molar-refractivity contribution in [3.05, 3.63) is 29.8 Å². The molecule has 0 saturated heterocycles. The molecule has 1 saturated carbocycles. The van der Waals surface area contributed by atoms with Crippen molar-refractivity contribution >= 4 is 11.6 Å². The summed E-state index contributed by atoms with van der Waals surface area (Å²) in [7, 11) is 1.85. The van der Waals surface area contributed by atoms with Crippen molar-refractivity contribution in [2.75, 3.05) is 12.8 Å². The van der Waals surface area contributed by atoms with Gasteiger partial charge in [0.05, 0.1) is 0 Å². The summed E-state index contributed by atoms with van der Waals surface area (Å²) in [5.74, 6) is 0.0693. The Morgan fingerprint density at radius 1 is 1.50 bits per heavy atom. The summed E-state index contributed by atoms with van der Waals surface area (Å²) in [4.78, 5) is 13.6. The minimum Gasteiger partial charge on any atom is -0.399 e. The van der Waals surface area contributed by atoms with Crippen LogP contribution in [0.5, 0.6) is 0 Å². The zero-order valence-electron chi connectivity index (χ0n) is 8.23. The highest BCUT2D eigenvalue weighted by Crippen LogP contribution is 2.26. The highest BCUT2D eigenvalue weighted by atomic mass is 16.2. The lowest BCUT2D eigenvalue weighted by atomic mass is 10.2. The molecule has 1 fully saturated rings. The lowest BCUT2D eigenvalue weighted by Gasteiger charge is -2.16. The maximum Gasteiger partial charge on any atom is 0.253 e. The van der Waals surface area contributed by atoms with E-state index in [4.69, 9.17) is 5.73 Å². The topological polar surface area (TPSA) is 46.3 Å². The lowest BCUT2D eigenvalue weighted by Crippen LogP contribution is -2.28. The molecule has 0 spiro atoms. The largest absolute Gasteiger partial charge is 0.399 e. The fourth-order valence-electron chi connectivity index (χ4n) is 1.50. The van der Waals surface area contributed by atoms with Gasteiger partial charge in [-0.1, -0.05) is 6.07 Å². The molecule has 0 bridgehead atoms. The summed E-state index contributed by atoms with van der Waals surface area (Å²) in [6, 6.07) is 7.57. The third-order valence-electron chi connectivity index (χ3n) is 2.55. The van der Waals surface area contributed by atoms with Crippen LogP contribution in [-0.4, -0.2) is 23.9 Å². The van der Waals surface area contributed by atoms with Gasteiger partial charge in [-0.3, -0.25) is 4.79 Å². The first-order chi connectivity index (χ1) is 6.68. The van der Waals surface area contributed by atoms with Crippen molar-refractivity contribution in [2.45, 2.75) is 18.9 Å². The summed E-state index contributed by atoms with van der Waals surface area (Å²) in [6.07, 6.45) is 2.26. The number of anilines is 1. The monoisotopic (exact) mass is 190 g/mol. The zero-order chi connectivity index (χ0) is 10.1. The van der Waals surface area contributed by atoms with E-state index in [-0.39, 0.29) is 5.91 Å². The molecule has 0 aromatic heterocycles. The molecule has 14 heavy (non-hydrogen) atoms. The van der Waals surface area contributed by atoms with E-state index in [1.54, 1.807) is 23.1 Å². The molecule has 1 aromatic carbocycles. The van der Waals surface area contributed by atoms with Crippen molar-refractivity contribution in [2.24, 2.45) is 0 Å². The van der Waals surface area contributed by atoms with Crippen LogP contribution in [0, 0.1) is 0 Å². The average Bonchev–Trinajstić information content (AvgIpc) is 2.99. The van der Waals surface area contributed by atoms with Crippen LogP contribution in [-0.2, 0) is 0 Å². The highest BCUT2D eigenvalue weighted by Gasteiger charge is 2.29. The highest BCUT2D eigenvalue weighted by molar-refractivity contribution is 5.95. The molecule has 1 aliphatic carbocycles. The van der Waals surface area contributed by atoms with Crippen molar-refractivity contribution in [1.29, 1.82) is 0 Å². The van der Waals surface area contributed by atoms with E-state index >= 15 is 0 Å². The first-order valence-electron chi connectivity index (χ1n) is 4.81. The average molecular weight is 190 g/mol. The van der Waals surface area contributed by atoms with E-state index in [1.165, 1.54) is 0 Å². The van der Waals surface area contributed by atoms with Gasteiger partial charge in [-0.15, -0.1) is 0 Å². The quantitative estimate of drug-likeness (QED) is 0.718. The normalized spacial score (nSPS) is 15.2. The minimum absolute atomic E-state index is 0.0693. The predicted octanol–water partition coefficient (Wildman–Crippen LogP) is 1.50. The molecule has 1 amide bonds. The van der Waals surface area contributed by atoms with Crippen LogP contribution >= 0.6 is 0 Å². The Morgan fingerprint density at radius 2 is 2.21 bits per heavy atom. The summed E-state index contributed by atoms with van der Waals surface area (Å²) >= 11 is 0. The molecule has 0 unspecified atom stereocenters. The van der Waals surface area contributed by atoms with Gasteiger partial charge in [-0.05, 0) is 31.0 Å². The zero-order valence-corrected chi connectivity index (χ0v) is 8.23. The molecule has 0 heterocycles. The van der Waals surface area contributed by atoms with Crippen molar-refractivity contribution < 1.29 is 4.79 Å². The molecule has 1 aliphatic rings. The number of nitrogens with two attached hydrogens (primary N) is 1. The Bertz CT molecular complexity index is 358. The summed E-state index contributed by atoms with van der Waals surface area (Å²) in [6.45, 7) is 0. The second-order valence-corrected chi connectivity index (χ2v) is 3.77. The van der Waals surface area contributed by atoms with Gasteiger partial charge in [-0.25, -0.2) is 0 Å². The molecule has 0 atom stereocenters. The fourth-order valence-corrected chi connectivity index (χ4v) is 1.50. The summed E-state index contributed by atoms with van der Waals surface area (Å²) < 4.78 is 0. The van der Waals surface area contributed by atoms with Crippen LogP contribution in [0.4, 0.5) is 5.69 Å². The SMILES string of the molecule is CN(C(=O)c1cccc(N)c1)C1CC1. The molecule has 3 heteroatoms. The maximum atomic E-state index is 11.8. The van der Waals surface area contributed by atoms with Crippen LogP contribution in [0.25, 0.3) is 0 Å². The second kappa shape index (κ2) is 3.33. The maximum absolute atomic E-state index is 11.8. The van der Waals surface area contributed by atoms with Gasteiger partial charge in [0, 0.05) is 24.3 Å². The minimum atomic E-state index is 0.0693. The van der Waals surface area contributed by atoms with Crippen LogP contribution in [0.15, 0.2) is 24.3 Å². The standard InChI is InChI=1S/C11H14N2O/c1-13(10-5-6-10)11(14)8-3-2-4-9(12)7-8/h2-4,7,10H,5-6,12H2,1H3. The van der Waals surface area contributed by atoms with E-state index in [2.05, 4.69) is 0 Å². The smallest absolute Gasteiger partial charge is 0.253 e. The molecular weight excluding hydrogens is 176 g/mol. The molecule has 1 aromatic rings. The van der Waals surface area contributed by atoms with Crippen LogP contribution in [0.2, 0.25) is 0 Å². The number of amides is 1. The Hall–Kier alpha value is -1.51. The number of nitrogens with zero attached hydrogens (tertiary/aromatic N) is 1. The number of rotatable bonds is 2. The van der Waals surface area contributed by atoms with E-state index in [1.807, 2.05) is 13.1 Å². The van der Waals surface area contributed by atoms with Gasteiger partial charge >= 0.3 is 0 Å². The van der Waals surface area contributed by atoms with Gasteiger partial charge in [-0.2, -0.15) is 0 Å². The van der Waals surface area contributed by atoms with Crippen LogP contribution < -0.4 is 5.73 Å². The number of carbonyl (C=O) groups excluding carboxylic acids is 1. The van der Waals surface area contributed by atoms with Crippen LogP contribution in [0.3, 0.4) is 0 Å². The third-order valence-corrected chi connectivity index (χ3v) is 2.55. The third kappa shape index (κ3) is 1.71. The molecule has 2 rings (SSSR count). The van der Waals surface area contributed by atoms with Crippen LogP contribution in [0.1, 0.15) is 23.2 Å². The summed E-state index contributed by atoms with van der Waals surface area (Å²) in [5, 5.41) is 0. The summed E-state index contributed by atoms with van der Waals surface area (Å²) in [5.41, 5.74) is 6.94. The Labute approximate surface area is 83.5 Å². The second-order valence-electron chi connectivity index (χ2n) is 3.77. The fraction of sp³-hybridized carbons (Fsp3) is 0.364. The molecule has 3 nitrogen and oxygen atoms in total. The van der Waals surface area contributed by atoms with Gasteiger partial charge in [0.2, 0.25) is 0 Å². The number of carbonyl (C=O) groups is 1. The molecule has 2 N–H and O–H groups in total. The van der Waals surface area contributed by atoms with Gasteiger partial charge in [0.15, 0.2) is 0 Å². The number of benzene rings is 1. The number of hydrogen-bond donors (Lipinski definition) is 1. The van der Waals surface area contributed by atoms with Crippen molar-refractivity contribution in [3.8, 4) is 0 Å². The number of nitrogen functional groups attached to an aromatic ring is 1. The Balaban J connectivity index is 2.17. The van der Waals surface area contributed by atoms with Gasteiger partial charge < -0.3 is 10.6 Å². The Kier molecular flexibility index (Phi) is 2.15. The van der Waals surface area contributed by atoms with E-state index in [0.717, 1.165) is 12.8 Å².